The zero-order valence-corrected chi connectivity index (χ0v) is 12.2. The number of rotatable bonds is 7. The molecule has 0 heterocycles. The third-order valence-corrected chi connectivity index (χ3v) is 3.39. The Bertz CT molecular complexity index is 293. The molecule has 0 rings (SSSR count). The molecule has 0 unspecified atom stereocenters. The Morgan fingerprint density at radius 3 is 2.06 bits per heavy atom. The van der Waals surface area contributed by atoms with E-state index in [0.29, 0.717) is 19.5 Å². The zero-order valence-electron chi connectivity index (χ0n) is 12.2. The Hall–Kier alpha value is -1.10. The molecular weight excluding hydrogens is 230 g/mol. The molecule has 0 atom stereocenters. The van der Waals surface area contributed by atoms with Crippen LogP contribution < -0.4 is 16.4 Å². The summed E-state index contributed by atoms with van der Waals surface area (Å²) in [6.45, 7) is 10.3. The molecule has 0 saturated heterocycles. The van der Waals surface area contributed by atoms with Crippen LogP contribution in [0.5, 0.6) is 0 Å². The number of nitrogens with two attached hydrogens (primary N) is 1. The van der Waals surface area contributed by atoms with Crippen molar-refractivity contribution in [2.75, 3.05) is 13.1 Å². The molecule has 0 aromatic heterocycles. The van der Waals surface area contributed by atoms with E-state index >= 15 is 0 Å². The molecule has 0 aliphatic carbocycles. The molecule has 0 fully saturated rings. The Labute approximate surface area is 110 Å². The first-order chi connectivity index (χ1) is 8.13. The van der Waals surface area contributed by atoms with Crippen LogP contribution in [-0.4, -0.2) is 30.4 Å². The zero-order chi connectivity index (χ0) is 14.4. The number of hydrogen-bond acceptors (Lipinski definition) is 3. The summed E-state index contributed by atoms with van der Waals surface area (Å²) in [5.74, 6) is -0.166. The fraction of sp³-hybridized carbons (Fsp3) is 0.846. The molecule has 0 aromatic carbocycles. The van der Waals surface area contributed by atoms with Gasteiger partial charge >= 0.3 is 0 Å². The van der Waals surface area contributed by atoms with Crippen molar-refractivity contribution in [3.05, 3.63) is 0 Å². The maximum absolute atomic E-state index is 12.0. The van der Waals surface area contributed by atoms with E-state index in [9.17, 15) is 9.59 Å². The SMILES string of the molecule is CCCNC(=O)CCNC(=O)C(C)(C)C(C)(C)N. The van der Waals surface area contributed by atoms with Gasteiger partial charge in [-0.3, -0.25) is 9.59 Å². The Morgan fingerprint density at radius 1 is 1.06 bits per heavy atom. The fourth-order valence-corrected chi connectivity index (χ4v) is 1.16. The molecule has 0 saturated carbocycles. The van der Waals surface area contributed by atoms with Crippen molar-refractivity contribution in [2.45, 2.75) is 53.0 Å². The van der Waals surface area contributed by atoms with E-state index in [1.54, 1.807) is 13.8 Å². The molecule has 5 nitrogen and oxygen atoms in total. The van der Waals surface area contributed by atoms with Crippen molar-refractivity contribution in [3.8, 4) is 0 Å². The van der Waals surface area contributed by atoms with Gasteiger partial charge in [0.25, 0.3) is 0 Å². The van der Waals surface area contributed by atoms with Crippen LogP contribution in [0, 0.1) is 5.41 Å². The van der Waals surface area contributed by atoms with Crippen molar-refractivity contribution in [3.63, 3.8) is 0 Å². The molecule has 0 spiro atoms. The van der Waals surface area contributed by atoms with Gasteiger partial charge in [0.2, 0.25) is 11.8 Å². The summed E-state index contributed by atoms with van der Waals surface area (Å²) in [6, 6.07) is 0. The van der Waals surface area contributed by atoms with E-state index in [1.165, 1.54) is 0 Å². The highest BCUT2D eigenvalue weighted by molar-refractivity contribution is 5.84. The smallest absolute Gasteiger partial charge is 0.227 e. The summed E-state index contributed by atoms with van der Waals surface area (Å²) in [5, 5.41) is 5.52. The van der Waals surface area contributed by atoms with E-state index in [1.807, 2.05) is 20.8 Å². The maximum atomic E-state index is 12.0. The minimum atomic E-state index is -0.674. The molecule has 2 amide bonds. The van der Waals surface area contributed by atoms with Crippen LogP contribution in [0.1, 0.15) is 47.5 Å². The first kappa shape index (κ1) is 16.9. The number of carbonyl (C=O) groups excluding carboxylic acids is 2. The highest BCUT2D eigenvalue weighted by Crippen LogP contribution is 2.28. The van der Waals surface area contributed by atoms with Crippen LogP contribution in [0.2, 0.25) is 0 Å². The molecule has 5 heteroatoms. The predicted molar refractivity (Wildman–Crippen MR) is 73.0 cm³/mol. The van der Waals surface area contributed by atoms with Crippen molar-refractivity contribution < 1.29 is 9.59 Å². The van der Waals surface area contributed by atoms with Crippen molar-refractivity contribution >= 4 is 11.8 Å². The average Bonchev–Trinajstić information content (AvgIpc) is 2.24. The van der Waals surface area contributed by atoms with Crippen LogP contribution in [0.3, 0.4) is 0 Å². The molecule has 106 valence electrons. The lowest BCUT2D eigenvalue weighted by molar-refractivity contribution is -0.132. The second-order valence-electron chi connectivity index (χ2n) is 5.70. The van der Waals surface area contributed by atoms with Gasteiger partial charge in [0.15, 0.2) is 0 Å². The second kappa shape index (κ2) is 6.73. The quantitative estimate of drug-likeness (QED) is 0.630. The highest BCUT2D eigenvalue weighted by atomic mass is 16.2. The van der Waals surface area contributed by atoms with Gasteiger partial charge in [-0.25, -0.2) is 0 Å². The first-order valence-electron chi connectivity index (χ1n) is 6.46. The maximum Gasteiger partial charge on any atom is 0.227 e. The van der Waals surface area contributed by atoms with Crippen LogP contribution in [-0.2, 0) is 9.59 Å². The van der Waals surface area contributed by atoms with E-state index in [2.05, 4.69) is 10.6 Å². The van der Waals surface area contributed by atoms with Crippen LogP contribution in [0.15, 0.2) is 0 Å². The number of nitrogens with one attached hydrogen (secondary N) is 2. The Kier molecular flexibility index (Phi) is 6.32. The summed E-state index contributed by atoms with van der Waals surface area (Å²) >= 11 is 0. The van der Waals surface area contributed by atoms with E-state index in [4.69, 9.17) is 5.73 Å². The molecule has 18 heavy (non-hydrogen) atoms. The van der Waals surface area contributed by atoms with Gasteiger partial charge in [-0.1, -0.05) is 6.92 Å². The van der Waals surface area contributed by atoms with Gasteiger partial charge < -0.3 is 16.4 Å². The largest absolute Gasteiger partial charge is 0.356 e. The summed E-state index contributed by atoms with van der Waals surface area (Å²) in [6.07, 6.45) is 1.21. The summed E-state index contributed by atoms with van der Waals surface area (Å²) in [4.78, 5) is 23.3. The third-order valence-electron chi connectivity index (χ3n) is 3.39. The molecule has 0 aliphatic rings. The Morgan fingerprint density at radius 2 is 1.61 bits per heavy atom. The monoisotopic (exact) mass is 257 g/mol. The number of carbonyl (C=O) groups is 2. The topological polar surface area (TPSA) is 84.2 Å². The fourth-order valence-electron chi connectivity index (χ4n) is 1.16. The molecule has 0 radical (unpaired) electrons. The first-order valence-corrected chi connectivity index (χ1v) is 6.46. The van der Waals surface area contributed by atoms with Crippen molar-refractivity contribution in [1.82, 2.24) is 10.6 Å². The minimum Gasteiger partial charge on any atom is -0.356 e. The summed E-state index contributed by atoms with van der Waals surface area (Å²) < 4.78 is 0. The Balaban J connectivity index is 4.09. The van der Waals surface area contributed by atoms with Gasteiger partial charge in [-0.15, -0.1) is 0 Å². The van der Waals surface area contributed by atoms with Gasteiger partial charge in [0, 0.05) is 25.0 Å². The molecule has 0 aromatic rings. The van der Waals surface area contributed by atoms with Crippen molar-refractivity contribution in [2.24, 2.45) is 11.1 Å². The standard InChI is InChI=1S/C13H27N3O2/c1-6-8-15-10(17)7-9-16-11(18)12(2,3)13(4,5)14/h6-9,14H2,1-5H3,(H,15,17)(H,16,18). The predicted octanol–water partition coefficient (Wildman–Crippen LogP) is 0.782. The lowest BCUT2D eigenvalue weighted by atomic mass is 9.74. The average molecular weight is 257 g/mol. The van der Waals surface area contributed by atoms with Gasteiger partial charge in [-0.2, -0.15) is 0 Å². The van der Waals surface area contributed by atoms with Crippen LogP contribution in [0.25, 0.3) is 0 Å². The summed E-state index contributed by atoms with van der Waals surface area (Å²) in [5.41, 5.74) is 4.69. The van der Waals surface area contributed by atoms with E-state index in [0.717, 1.165) is 6.42 Å². The lowest BCUT2D eigenvalue weighted by Gasteiger charge is -2.36. The summed E-state index contributed by atoms with van der Waals surface area (Å²) in [7, 11) is 0. The van der Waals surface area contributed by atoms with Crippen LogP contribution >= 0.6 is 0 Å². The van der Waals surface area contributed by atoms with Crippen molar-refractivity contribution in [1.29, 1.82) is 0 Å². The van der Waals surface area contributed by atoms with Crippen LogP contribution in [0.4, 0.5) is 0 Å². The second-order valence-corrected chi connectivity index (χ2v) is 5.70. The van der Waals surface area contributed by atoms with Gasteiger partial charge in [0.05, 0.1) is 5.41 Å². The molecule has 4 N–H and O–H groups in total. The molecule has 0 bridgehead atoms. The normalized spacial score (nSPS) is 12.1. The molecule has 0 aliphatic heterocycles. The number of hydrogen-bond donors (Lipinski definition) is 3. The third kappa shape index (κ3) is 5.04. The number of amides is 2. The lowest BCUT2D eigenvalue weighted by Crippen LogP contribution is -2.55. The molecular formula is C13H27N3O2. The highest BCUT2D eigenvalue weighted by Gasteiger charge is 2.40. The van der Waals surface area contributed by atoms with E-state index in [-0.39, 0.29) is 11.8 Å². The minimum absolute atomic E-state index is 0.0398. The van der Waals surface area contributed by atoms with Gasteiger partial charge in [-0.05, 0) is 34.1 Å². The van der Waals surface area contributed by atoms with Gasteiger partial charge in [0.1, 0.15) is 0 Å². The van der Waals surface area contributed by atoms with E-state index < -0.39 is 11.0 Å².